The summed E-state index contributed by atoms with van der Waals surface area (Å²) in [5, 5.41) is 6.26. The molecule has 256 valence electrons. The fourth-order valence-corrected chi connectivity index (χ4v) is 6.73. The van der Waals surface area contributed by atoms with E-state index < -0.39 is 41.7 Å². The number of carbonyl (C=O) groups excluding carboxylic acids is 4. The fourth-order valence-electron chi connectivity index (χ4n) is 6.73. The van der Waals surface area contributed by atoms with Crippen LogP contribution in [0.2, 0.25) is 0 Å². The summed E-state index contributed by atoms with van der Waals surface area (Å²) in [6.45, 7) is 11.8. The smallest absolute Gasteiger partial charge is 0.410 e. The minimum atomic E-state index is -1.17. The Kier molecular flexibility index (Phi) is 11.2. The molecule has 12 heteroatoms. The lowest BCUT2D eigenvalue weighted by atomic mass is 10.1. The van der Waals surface area contributed by atoms with Gasteiger partial charge < -0.3 is 29.7 Å². The van der Waals surface area contributed by atoms with Gasteiger partial charge in [-0.2, -0.15) is 0 Å². The van der Waals surface area contributed by atoms with Crippen LogP contribution in [0.5, 0.6) is 5.75 Å². The van der Waals surface area contributed by atoms with Crippen LogP contribution in [0.15, 0.2) is 35.3 Å². The van der Waals surface area contributed by atoms with E-state index in [9.17, 15) is 19.2 Å². The molecule has 0 radical (unpaired) electrons. The Hall–Kier alpha value is -3.93. The maximum Gasteiger partial charge on any atom is 0.410 e. The van der Waals surface area contributed by atoms with Gasteiger partial charge in [0.2, 0.25) is 11.8 Å². The quantitative estimate of drug-likeness (QED) is 0.179. The number of carbonyl (C=O) groups is 4. The second-order valence-electron chi connectivity index (χ2n) is 13.2. The highest BCUT2D eigenvalue weighted by Gasteiger charge is 2.62. The molecule has 0 aromatic heterocycles. The lowest BCUT2D eigenvalue weighted by Gasteiger charge is -2.28. The average molecular weight is 652 g/mol. The number of amides is 3. The van der Waals surface area contributed by atoms with Crippen LogP contribution >= 0.6 is 0 Å². The molecule has 3 heterocycles. The normalized spacial score (nSPS) is 28.3. The van der Waals surface area contributed by atoms with E-state index in [-0.39, 0.29) is 31.4 Å². The molecule has 5 atom stereocenters. The molecule has 3 amide bonds. The molecule has 1 aliphatic carbocycles. The molecule has 4 aliphatic rings. The van der Waals surface area contributed by atoms with Crippen molar-refractivity contribution in [3.63, 3.8) is 0 Å². The molecule has 2 N–H and O–H groups in total. The third-order valence-electron chi connectivity index (χ3n) is 9.42. The predicted octanol–water partition coefficient (Wildman–Crippen LogP) is 3.51. The van der Waals surface area contributed by atoms with Crippen LogP contribution in [0.1, 0.15) is 76.8 Å². The number of ether oxygens (including phenoxy) is 3. The Bertz CT molecular complexity index is 1370. The van der Waals surface area contributed by atoms with Crippen molar-refractivity contribution >= 4 is 30.6 Å². The molecule has 1 saturated heterocycles. The maximum atomic E-state index is 13.9. The fraction of sp³-hybridized carbons (Fsp3) is 0.629. The molecule has 1 aromatic rings. The summed E-state index contributed by atoms with van der Waals surface area (Å²) in [5.41, 5.74) is 0.834. The van der Waals surface area contributed by atoms with E-state index in [4.69, 9.17) is 14.2 Å². The zero-order chi connectivity index (χ0) is 33.6. The van der Waals surface area contributed by atoms with Crippen LogP contribution in [0.4, 0.5) is 4.79 Å². The Labute approximate surface area is 277 Å². The van der Waals surface area contributed by atoms with E-state index in [1.165, 1.54) is 4.90 Å². The van der Waals surface area contributed by atoms with Crippen molar-refractivity contribution in [2.45, 2.75) is 109 Å². The van der Waals surface area contributed by atoms with Crippen molar-refractivity contribution in [2.24, 2.45) is 10.9 Å². The Morgan fingerprint density at radius 3 is 2.74 bits per heavy atom. The molecule has 5 rings (SSSR count). The Balaban J connectivity index is 1.27. The average Bonchev–Trinajstić information content (AvgIpc) is 3.34. The highest BCUT2D eigenvalue weighted by atomic mass is 16.6. The van der Waals surface area contributed by atoms with E-state index in [0.29, 0.717) is 38.6 Å². The molecule has 47 heavy (non-hydrogen) atoms. The second-order valence-corrected chi connectivity index (χ2v) is 13.2. The highest BCUT2D eigenvalue weighted by molar-refractivity contribution is 5.96. The summed E-state index contributed by atoms with van der Waals surface area (Å²) in [4.78, 5) is 61.3. The van der Waals surface area contributed by atoms with Crippen molar-refractivity contribution < 1.29 is 33.4 Å². The SMILES string of the molecule is C=N[C@H]1CCCCC/C=C\[C@@H]2C[C@@]2(C(=O)OCC)NC(=O)[C@@H]2C[C@@H](OC(=O)N3Cc4ccc(OCCNC(C)C)cc4C3)CN2C1=O. The van der Waals surface area contributed by atoms with Crippen LogP contribution < -0.4 is 15.4 Å². The van der Waals surface area contributed by atoms with Crippen LogP contribution in [0, 0.1) is 5.92 Å². The monoisotopic (exact) mass is 651 g/mol. The van der Waals surface area contributed by atoms with Crippen molar-refractivity contribution in [2.75, 3.05) is 26.3 Å². The van der Waals surface area contributed by atoms with E-state index in [1.807, 2.05) is 24.3 Å². The number of nitrogens with zero attached hydrogens (tertiary/aromatic N) is 3. The molecule has 12 nitrogen and oxygen atoms in total. The number of rotatable bonds is 9. The van der Waals surface area contributed by atoms with Gasteiger partial charge in [0.05, 0.1) is 13.2 Å². The zero-order valence-electron chi connectivity index (χ0n) is 27.9. The standard InChI is InChI=1S/C35H49N5O7/c1-5-45-33(43)35-19-26(35)11-9-7-6-8-10-12-29(36-4)32(42)40-22-28(18-30(40)31(41)38-35)47-34(44)39-20-24-13-14-27(17-25(24)21-39)46-16-15-37-23(2)3/h9,11,13-14,17,23,26,28-30,37H,4-8,10,12,15-16,18-22H2,1-3H3,(H,38,41)/b11-9-/t26-,28-,29+,30+,35-/m1/s1. The Morgan fingerprint density at radius 2 is 1.98 bits per heavy atom. The highest BCUT2D eigenvalue weighted by Crippen LogP contribution is 2.46. The number of hydrogen-bond acceptors (Lipinski definition) is 9. The molecule has 1 saturated carbocycles. The first-order chi connectivity index (χ1) is 22.6. The Morgan fingerprint density at radius 1 is 1.17 bits per heavy atom. The lowest BCUT2D eigenvalue weighted by molar-refractivity contribution is -0.150. The van der Waals surface area contributed by atoms with Crippen LogP contribution in [-0.4, -0.2) is 96.5 Å². The summed E-state index contributed by atoms with van der Waals surface area (Å²) in [6.07, 6.45) is 7.36. The molecule has 2 fully saturated rings. The molecule has 0 bridgehead atoms. The van der Waals surface area contributed by atoms with E-state index in [1.54, 1.807) is 11.8 Å². The van der Waals surface area contributed by atoms with Crippen molar-refractivity contribution in [1.29, 1.82) is 0 Å². The molecule has 3 aliphatic heterocycles. The predicted molar refractivity (Wildman–Crippen MR) is 176 cm³/mol. The summed E-state index contributed by atoms with van der Waals surface area (Å²) < 4.78 is 17.2. The van der Waals surface area contributed by atoms with Gasteiger partial charge in [0.15, 0.2) is 0 Å². The first kappa shape index (κ1) is 34.4. The summed E-state index contributed by atoms with van der Waals surface area (Å²) >= 11 is 0. The third kappa shape index (κ3) is 8.14. The van der Waals surface area contributed by atoms with Crippen LogP contribution in [0.3, 0.4) is 0 Å². The van der Waals surface area contributed by atoms with E-state index >= 15 is 0 Å². The van der Waals surface area contributed by atoms with Crippen molar-refractivity contribution in [1.82, 2.24) is 20.4 Å². The number of aliphatic imine (C=N–C) groups is 1. The first-order valence-electron chi connectivity index (χ1n) is 17.0. The van der Waals surface area contributed by atoms with Gasteiger partial charge in [-0.1, -0.05) is 44.9 Å². The minimum absolute atomic E-state index is 0.0492. The molecule has 0 spiro atoms. The molecule has 1 aromatic carbocycles. The topological polar surface area (TPSA) is 139 Å². The summed E-state index contributed by atoms with van der Waals surface area (Å²) in [5.74, 6) is -0.714. The van der Waals surface area contributed by atoms with Gasteiger partial charge in [-0.3, -0.25) is 19.5 Å². The van der Waals surface area contributed by atoms with Crippen molar-refractivity contribution in [3.05, 3.63) is 41.5 Å². The number of nitrogens with one attached hydrogen (secondary N) is 2. The lowest BCUT2D eigenvalue weighted by Crippen LogP contribution is -2.54. The molecule has 0 unspecified atom stereocenters. The molecular weight excluding hydrogens is 602 g/mol. The minimum Gasteiger partial charge on any atom is -0.492 e. The third-order valence-corrected chi connectivity index (χ3v) is 9.42. The van der Waals surface area contributed by atoms with Gasteiger partial charge in [0.25, 0.3) is 0 Å². The van der Waals surface area contributed by atoms with Gasteiger partial charge in [-0.05, 0) is 62.6 Å². The summed E-state index contributed by atoms with van der Waals surface area (Å²) in [6, 6.07) is 4.56. The number of benzene rings is 1. The van der Waals surface area contributed by atoms with Crippen LogP contribution in [-0.2, 0) is 36.9 Å². The van der Waals surface area contributed by atoms with E-state index in [0.717, 1.165) is 49.1 Å². The number of hydrogen-bond donors (Lipinski definition) is 2. The first-order valence-corrected chi connectivity index (χ1v) is 17.0. The largest absolute Gasteiger partial charge is 0.492 e. The number of esters is 1. The van der Waals surface area contributed by atoms with Gasteiger partial charge in [0, 0.05) is 38.0 Å². The van der Waals surface area contributed by atoms with Gasteiger partial charge in [-0.15, -0.1) is 0 Å². The number of allylic oxidation sites excluding steroid dienone is 1. The number of fused-ring (bicyclic) bond motifs is 3. The van der Waals surface area contributed by atoms with Crippen LogP contribution in [0.25, 0.3) is 0 Å². The van der Waals surface area contributed by atoms with Gasteiger partial charge in [0.1, 0.15) is 36.1 Å². The second kappa shape index (κ2) is 15.3. The molecular formula is C35H49N5O7. The maximum absolute atomic E-state index is 13.9. The van der Waals surface area contributed by atoms with Gasteiger partial charge >= 0.3 is 12.1 Å². The zero-order valence-corrected chi connectivity index (χ0v) is 27.9. The summed E-state index contributed by atoms with van der Waals surface area (Å²) in [7, 11) is 0. The van der Waals surface area contributed by atoms with Crippen molar-refractivity contribution in [3.8, 4) is 5.75 Å². The van der Waals surface area contributed by atoms with E-state index in [2.05, 4.69) is 42.3 Å². The van der Waals surface area contributed by atoms with Gasteiger partial charge in [-0.25, -0.2) is 9.59 Å².